The van der Waals surface area contributed by atoms with E-state index in [1.54, 1.807) is 27.7 Å². The second kappa shape index (κ2) is 11.7. The summed E-state index contributed by atoms with van der Waals surface area (Å²) in [4.78, 5) is 51.3. The Balaban J connectivity index is 1.77. The molecule has 0 spiro atoms. The molecule has 9 heteroatoms. The first kappa shape index (κ1) is 26.0. The fourth-order valence-corrected chi connectivity index (χ4v) is 4.55. The van der Waals surface area contributed by atoms with Gasteiger partial charge in [-0.2, -0.15) is 0 Å². The molecule has 1 aliphatic carbocycles. The third-order valence-corrected chi connectivity index (χ3v) is 6.04. The standard InChI is InChI=1S/C26H32N2O7/c1-5-33-24(30)21-15(3)27-16(4)22(25(31)34-6-2)23(21)26(32)35-14-20(29)28-19-13-9-11-17-10-7-8-12-18(17)19/h7-8,10,12,19,23,27H,5-6,9,11,13-14H2,1-4H3,(H,28,29)/t19-/m1/s1. The maximum Gasteiger partial charge on any atom is 0.337 e. The summed E-state index contributed by atoms with van der Waals surface area (Å²) in [5, 5.41) is 5.87. The molecule has 1 aliphatic heterocycles. The van der Waals surface area contributed by atoms with Gasteiger partial charge in [0.25, 0.3) is 5.91 Å². The molecule has 3 rings (SSSR count). The summed E-state index contributed by atoms with van der Waals surface area (Å²) < 4.78 is 15.6. The number of hydrogen-bond donors (Lipinski definition) is 2. The van der Waals surface area contributed by atoms with Crippen molar-refractivity contribution in [3.05, 3.63) is 57.9 Å². The third kappa shape index (κ3) is 5.90. The number of aryl methyl sites for hydroxylation is 1. The maximum absolute atomic E-state index is 13.2. The van der Waals surface area contributed by atoms with Crippen LogP contribution in [0, 0.1) is 5.92 Å². The molecule has 0 aromatic heterocycles. The summed E-state index contributed by atoms with van der Waals surface area (Å²) in [6.07, 6.45) is 2.68. The molecule has 1 aromatic rings. The molecule has 0 radical (unpaired) electrons. The van der Waals surface area contributed by atoms with E-state index in [-0.39, 0.29) is 30.4 Å². The number of allylic oxidation sites excluding steroid dienone is 2. The highest BCUT2D eigenvalue weighted by Gasteiger charge is 2.42. The van der Waals surface area contributed by atoms with Crippen molar-refractivity contribution >= 4 is 23.8 Å². The molecule has 1 heterocycles. The molecule has 0 saturated carbocycles. The van der Waals surface area contributed by atoms with Crippen molar-refractivity contribution in [1.82, 2.24) is 10.6 Å². The maximum atomic E-state index is 13.2. The summed E-state index contributed by atoms with van der Waals surface area (Å²) in [6.45, 7) is 6.10. The average molecular weight is 485 g/mol. The number of fused-ring (bicyclic) bond motifs is 1. The lowest BCUT2D eigenvalue weighted by Gasteiger charge is -2.29. The first-order chi connectivity index (χ1) is 16.8. The van der Waals surface area contributed by atoms with Crippen LogP contribution >= 0.6 is 0 Å². The van der Waals surface area contributed by atoms with E-state index >= 15 is 0 Å². The molecule has 35 heavy (non-hydrogen) atoms. The van der Waals surface area contributed by atoms with E-state index in [0.29, 0.717) is 11.4 Å². The van der Waals surface area contributed by atoms with Crippen LogP contribution in [0.5, 0.6) is 0 Å². The van der Waals surface area contributed by atoms with Gasteiger partial charge in [-0.05, 0) is 58.1 Å². The van der Waals surface area contributed by atoms with E-state index in [1.165, 1.54) is 5.56 Å². The highest BCUT2D eigenvalue weighted by molar-refractivity contribution is 6.05. The topological polar surface area (TPSA) is 120 Å². The summed E-state index contributed by atoms with van der Waals surface area (Å²) in [6, 6.07) is 7.76. The second-order valence-electron chi connectivity index (χ2n) is 8.40. The Kier molecular flexibility index (Phi) is 8.68. The highest BCUT2D eigenvalue weighted by Crippen LogP contribution is 2.33. The van der Waals surface area contributed by atoms with Crippen LogP contribution in [0.4, 0.5) is 0 Å². The summed E-state index contributed by atoms with van der Waals surface area (Å²) >= 11 is 0. The molecule has 9 nitrogen and oxygen atoms in total. The van der Waals surface area contributed by atoms with E-state index in [9.17, 15) is 19.2 Å². The third-order valence-electron chi connectivity index (χ3n) is 6.04. The molecule has 1 amide bonds. The molecule has 1 aromatic carbocycles. The lowest BCUT2D eigenvalue weighted by molar-refractivity contribution is -0.154. The van der Waals surface area contributed by atoms with Crippen molar-refractivity contribution in [2.45, 2.75) is 53.0 Å². The fourth-order valence-electron chi connectivity index (χ4n) is 4.55. The van der Waals surface area contributed by atoms with Gasteiger partial charge in [0.15, 0.2) is 6.61 Å². The molecule has 2 N–H and O–H groups in total. The monoisotopic (exact) mass is 484 g/mol. The molecule has 2 aliphatic rings. The van der Waals surface area contributed by atoms with Gasteiger partial charge in [-0.1, -0.05) is 24.3 Å². The minimum absolute atomic E-state index is 0.0490. The van der Waals surface area contributed by atoms with Crippen molar-refractivity contribution in [2.24, 2.45) is 5.92 Å². The quantitative estimate of drug-likeness (QED) is 0.427. The van der Waals surface area contributed by atoms with Gasteiger partial charge in [-0.3, -0.25) is 9.59 Å². The summed E-state index contributed by atoms with van der Waals surface area (Å²) in [5.74, 6) is -4.26. The lowest BCUT2D eigenvalue weighted by atomic mass is 9.85. The number of rotatable bonds is 8. The van der Waals surface area contributed by atoms with Gasteiger partial charge in [-0.15, -0.1) is 0 Å². The van der Waals surface area contributed by atoms with Crippen LogP contribution in [0.2, 0.25) is 0 Å². The first-order valence-corrected chi connectivity index (χ1v) is 11.8. The molecule has 1 atom stereocenters. The summed E-state index contributed by atoms with van der Waals surface area (Å²) in [5.41, 5.74) is 2.87. The van der Waals surface area contributed by atoms with Gasteiger partial charge >= 0.3 is 17.9 Å². The molecular weight excluding hydrogens is 452 g/mol. The molecule has 0 unspecified atom stereocenters. The number of benzene rings is 1. The van der Waals surface area contributed by atoms with Crippen LogP contribution in [0.15, 0.2) is 46.8 Å². The van der Waals surface area contributed by atoms with Crippen molar-refractivity contribution in [1.29, 1.82) is 0 Å². The van der Waals surface area contributed by atoms with Crippen LogP contribution in [-0.4, -0.2) is 43.6 Å². The number of ether oxygens (including phenoxy) is 3. The van der Waals surface area contributed by atoms with E-state index in [2.05, 4.69) is 10.6 Å². The van der Waals surface area contributed by atoms with E-state index in [0.717, 1.165) is 24.8 Å². The van der Waals surface area contributed by atoms with Gasteiger partial charge in [0.2, 0.25) is 0 Å². The number of hydrogen-bond acceptors (Lipinski definition) is 8. The van der Waals surface area contributed by atoms with Gasteiger partial charge in [0.1, 0.15) is 5.92 Å². The van der Waals surface area contributed by atoms with Crippen LogP contribution in [-0.2, 0) is 39.8 Å². The first-order valence-electron chi connectivity index (χ1n) is 11.8. The Labute approximate surface area is 204 Å². The Morgan fingerprint density at radius 1 is 0.943 bits per heavy atom. The number of amides is 1. The zero-order chi connectivity index (χ0) is 25.5. The Bertz CT molecular complexity index is 1030. The van der Waals surface area contributed by atoms with Crippen LogP contribution < -0.4 is 10.6 Å². The number of carbonyl (C=O) groups is 4. The second-order valence-corrected chi connectivity index (χ2v) is 8.40. The van der Waals surface area contributed by atoms with Gasteiger partial charge in [0.05, 0.1) is 30.4 Å². The average Bonchev–Trinajstić information content (AvgIpc) is 2.82. The van der Waals surface area contributed by atoms with Crippen LogP contribution in [0.3, 0.4) is 0 Å². The Morgan fingerprint density at radius 2 is 1.54 bits per heavy atom. The predicted molar refractivity (Wildman–Crippen MR) is 127 cm³/mol. The summed E-state index contributed by atoms with van der Waals surface area (Å²) in [7, 11) is 0. The van der Waals surface area contributed by atoms with Crippen LogP contribution in [0.1, 0.15) is 57.7 Å². The van der Waals surface area contributed by atoms with Crippen molar-refractivity contribution in [2.75, 3.05) is 19.8 Å². The molecule has 0 bridgehead atoms. The minimum Gasteiger partial charge on any atom is -0.463 e. The molecule has 0 fully saturated rings. The largest absolute Gasteiger partial charge is 0.463 e. The molecule has 0 saturated heterocycles. The van der Waals surface area contributed by atoms with Crippen molar-refractivity contribution in [3.63, 3.8) is 0 Å². The zero-order valence-electron chi connectivity index (χ0n) is 20.6. The van der Waals surface area contributed by atoms with Gasteiger partial charge < -0.3 is 24.8 Å². The molecular formula is C26H32N2O7. The Hall–Kier alpha value is -3.62. The predicted octanol–water partition coefficient (Wildman–Crippen LogP) is 2.62. The van der Waals surface area contributed by atoms with E-state index < -0.39 is 36.3 Å². The zero-order valence-corrected chi connectivity index (χ0v) is 20.6. The minimum atomic E-state index is -1.38. The van der Waals surface area contributed by atoms with E-state index in [4.69, 9.17) is 14.2 Å². The molecule has 188 valence electrons. The van der Waals surface area contributed by atoms with Crippen molar-refractivity contribution in [3.8, 4) is 0 Å². The SMILES string of the molecule is CCOC(=O)C1=C(C)NC(C)=C(C(=O)OCC)C1C(=O)OCC(=O)N[C@@H]1CCCc2ccccc21. The lowest BCUT2D eigenvalue weighted by Crippen LogP contribution is -2.40. The number of nitrogens with one attached hydrogen (secondary N) is 2. The number of esters is 3. The van der Waals surface area contributed by atoms with Crippen molar-refractivity contribution < 1.29 is 33.4 Å². The van der Waals surface area contributed by atoms with Gasteiger partial charge in [0, 0.05) is 11.4 Å². The van der Waals surface area contributed by atoms with Crippen LogP contribution in [0.25, 0.3) is 0 Å². The van der Waals surface area contributed by atoms with Gasteiger partial charge in [-0.25, -0.2) is 9.59 Å². The Morgan fingerprint density at radius 3 is 2.14 bits per heavy atom. The highest BCUT2D eigenvalue weighted by atomic mass is 16.5. The number of carbonyl (C=O) groups excluding carboxylic acids is 4. The smallest absolute Gasteiger partial charge is 0.337 e. The normalized spacial score (nSPS) is 17.8. The van der Waals surface area contributed by atoms with E-state index in [1.807, 2.05) is 24.3 Å². The number of dihydropyridines is 1. The fraction of sp³-hybridized carbons (Fsp3) is 0.462.